The topological polar surface area (TPSA) is 150 Å². The van der Waals surface area contributed by atoms with Gasteiger partial charge in [-0.25, -0.2) is 14.6 Å². The molecule has 2 aliphatic heterocycles. The van der Waals surface area contributed by atoms with Crippen molar-refractivity contribution in [3.05, 3.63) is 41.3 Å². The molecule has 1 aromatic rings. The number of amides is 3. The second-order valence-corrected chi connectivity index (χ2v) is 6.31. The minimum atomic E-state index is -4.92. The summed E-state index contributed by atoms with van der Waals surface area (Å²) in [6.07, 6.45) is -7.45. The highest BCUT2D eigenvalue weighted by molar-refractivity contribution is 6.11. The Kier molecular flexibility index (Phi) is 5.75. The maximum Gasteiger partial charge on any atom is 0.511 e. The molecule has 0 aliphatic carbocycles. The van der Waals surface area contributed by atoms with E-state index in [0.717, 1.165) is 34.2 Å². The van der Waals surface area contributed by atoms with Gasteiger partial charge in [-0.15, -0.1) is 0 Å². The maximum absolute atomic E-state index is 13.9. The number of carboxylic acid groups (broad SMARTS) is 1. The van der Waals surface area contributed by atoms with Crippen LogP contribution in [0.15, 0.2) is 35.2 Å². The summed E-state index contributed by atoms with van der Waals surface area (Å²) in [7, 11) is 1.23. The van der Waals surface area contributed by atoms with E-state index in [1.165, 1.54) is 7.05 Å². The molecule has 1 atom stereocenters. The number of rotatable bonds is 3. The fraction of sp³-hybridized carbons (Fsp3) is 0.294. The summed E-state index contributed by atoms with van der Waals surface area (Å²) in [6, 6.07) is 2.24. The average Bonchev–Trinajstić information content (AvgIpc) is 3.13. The van der Waals surface area contributed by atoms with E-state index in [1.807, 2.05) is 0 Å². The average molecular weight is 442 g/mol. The van der Waals surface area contributed by atoms with Crippen molar-refractivity contribution in [1.82, 2.24) is 15.5 Å². The van der Waals surface area contributed by atoms with Crippen LogP contribution in [-0.4, -0.2) is 60.4 Å². The quantitative estimate of drug-likeness (QED) is 0.512. The molecule has 3 rings (SSSR count). The summed E-state index contributed by atoms with van der Waals surface area (Å²) < 4.78 is 46.2. The van der Waals surface area contributed by atoms with E-state index < -0.39 is 53.0 Å². The SMILES string of the molecule is CNC(=O)c1cccc(C(F)(F)F)c1N1C(N2CCNC2=O)=NC=C(OC(=O)O)C1N. The zero-order valence-electron chi connectivity index (χ0n) is 15.9. The van der Waals surface area contributed by atoms with Crippen LogP contribution in [0.5, 0.6) is 0 Å². The van der Waals surface area contributed by atoms with Crippen LogP contribution >= 0.6 is 0 Å². The molecular weight excluding hydrogens is 425 g/mol. The molecule has 0 radical (unpaired) electrons. The van der Waals surface area contributed by atoms with Crippen molar-refractivity contribution >= 4 is 29.7 Å². The molecule has 31 heavy (non-hydrogen) atoms. The van der Waals surface area contributed by atoms with Crippen molar-refractivity contribution in [3.63, 3.8) is 0 Å². The zero-order valence-corrected chi connectivity index (χ0v) is 15.9. The molecule has 1 fully saturated rings. The number of carbonyl (C=O) groups is 3. The van der Waals surface area contributed by atoms with Gasteiger partial charge in [-0.05, 0) is 12.1 Å². The molecule has 0 aromatic heterocycles. The number of nitrogens with two attached hydrogens (primary N) is 1. The van der Waals surface area contributed by atoms with Crippen LogP contribution in [0.4, 0.5) is 28.4 Å². The summed E-state index contributed by atoms with van der Waals surface area (Å²) in [5.41, 5.74) is 3.69. The lowest BCUT2D eigenvalue weighted by Crippen LogP contribution is -2.57. The number of para-hydroxylation sites is 1. The largest absolute Gasteiger partial charge is 0.511 e. The number of alkyl halides is 3. The third-order valence-corrected chi connectivity index (χ3v) is 4.45. The molecule has 5 N–H and O–H groups in total. The molecule has 14 heteroatoms. The van der Waals surface area contributed by atoms with E-state index in [2.05, 4.69) is 20.4 Å². The van der Waals surface area contributed by atoms with Crippen LogP contribution in [0.25, 0.3) is 0 Å². The predicted molar refractivity (Wildman–Crippen MR) is 100 cm³/mol. The molecule has 1 saturated heterocycles. The van der Waals surface area contributed by atoms with Crippen LogP contribution < -0.4 is 21.3 Å². The van der Waals surface area contributed by atoms with Crippen LogP contribution in [0, 0.1) is 0 Å². The van der Waals surface area contributed by atoms with Gasteiger partial charge in [-0.1, -0.05) is 6.07 Å². The van der Waals surface area contributed by atoms with Gasteiger partial charge in [0, 0.05) is 20.1 Å². The monoisotopic (exact) mass is 442 g/mol. The van der Waals surface area contributed by atoms with E-state index in [0.29, 0.717) is 0 Å². The number of carbonyl (C=O) groups excluding carboxylic acids is 2. The molecule has 2 aliphatic rings. The van der Waals surface area contributed by atoms with Gasteiger partial charge >= 0.3 is 18.4 Å². The van der Waals surface area contributed by atoms with Gasteiger partial charge < -0.3 is 26.2 Å². The molecule has 0 bridgehead atoms. The summed E-state index contributed by atoms with van der Waals surface area (Å²) >= 11 is 0. The summed E-state index contributed by atoms with van der Waals surface area (Å²) in [4.78, 5) is 41.3. The molecule has 2 heterocycles. The minimum Gasteiger partial charge on any atom is -0.449 e. The Bertz CT molecular complexity index is 993. The minimum absolute atomic E-state index is 0.0489. The van der Waals surface area contributed by atoms with Crippen molar-refractivity contribution in [2.24, 2.45) is 10.7 Å². The molecule has 11 nitrogen and oxygen atoms in total. The Balaban J connectivity index is 2.28. The molecule has 166 valence electrons. The van der Waals surface area contributed by atoms with Crippen molar-refractivity contribution in [2.75, 3.05) is 25.0 Å². The maximum atomic E-state index is 13.9. The van der Waals surface area contributed by atoms with E-state index in [-0.39, 0.29) is 19.0 Å². The van der Waals surface area contributed by atoms with Crippen LogP contribution in [0.2, 0.25) is 0 Å². The second kappa shape index (κ2) is 8.14. The van der Waals surface area contributed by atoms with Gasteiger partial charge in [0.1, 0.15) is 6.17 Å². The number of hydrogen-bond acceptors (Lipinski definition) is 7. The molecular formula is C17H17F3N6O5. The number of halogens is 3. The predicted octanol–water partition coefficient (Wildman–Crippen LogP) is 1.09. The third kappa shape index (κ3) is 4.09. The smallest absolute Gasteiger partial charge is 0.449 e. The number of guanidine groups is 1. The highest BCUT2D eigenvalue weighted by Gasteiger charge is 2.43. The van der Waals surface area contributed by atoms with Crippen molar-refractivity contribution in [2.45, 2.75) is 12.3 Å². The number of urea groups is 1. The zero-order chi connectivity index (χ0) is 22.9. The lowest BCUT2D eigenvalue weighted by Gasteiger charge is -2.38. The van der Waals surface area contributed by atoms with E-state index in [9.17, 15) is 27.6 Å². The van der Waals surface area contributed by atoms with E-state index >= 15 is 0 Å². The Labute approximate surface area is 172 Å². The first-order chi connectivity index (χ1) is 14.6. The van der Waals surface area contributed by atoms with Crippen molar-refractivity contribution in [1.29, 1.82) is 0 Å². The van der Waals surface area contributed by atoms with Crippen LogP contribution in [0.3, 0.4) is 0 Å². The molecule has 0 saturated carbocycles. The summed E-state index contributed by atoms with van der Waals surface area (Å²) in [5, 5.41) is 13.6. The highest BCUT2D eigenvalue weighted by atomic mass is 19.4. The number of benzene rings is 1. The summed E-state index contributed by atoms with van der Waals surface area (Å²) in [5.74, 6) is -1.70. The lowest BCUT2D eigenvalue weighted by atomic mass is 10.0. The number of hydrogen-bond donors (Lipinski definition) is 4. The Hall–Kier alpha value is -3.81. The van der Waals surface area contributed by atoms with Gasteiger partial charge in [0.15, 0.2) is 5.76 Å². The number of aliphatic imine (C=N–C) groups is 1. The first-order valence-corrected chi connectivity index (χ1v) is 8.77. The lowest BCUT2D eigenvalue weighted by molar-refractivity contribution is -0.137. The van der Waals surface area contributed by atoms with Gasteiger partial charge in [-0.2, -0.15) is 13.2 Å². The fourth-order valence-electron chi connectivity index (χ4n) is 3.15. The van der Waals surface area contributed by atoms with Crippen LogP contribution in [-0.2, 0) is 10.9 Å². The standard InChI is InChI=1S/C17H17F3N6O5/c1-22-13(27)8-3-2-4-9(17(18,19)20)11(8)26-12(21)10(31-16(29)30)7-24-14(26)25-6-5-23-15(25)28/h2-4,7,12H,5-6,21H2,1H3,(H,22,27)(H,23,28)(H,29,30). The number of nitrogens with zero attached hydrogens (tertiary/aromatic N) is 3. The third-order valence-electron chi connectivity index (χ3n) is 4.45. The second-order valence-electron chi connectivity index (χ2n) is 6.31. The van der Waals surface area contributed by atoms with Crippen LogP contribution in [0.1, 0.15) is 15.9 Å². The Morgan fingerprint density at radius 2 is 2.10 bits per heavy atom. The molecule has 1 aromatic carbocycles. The van der Waals surface area contributed by atoms with Crippen molar-refractivity contribution < 1.29 is 37.4 Å². The Morgan fingerprint density at radius 1 is 1.39 bits per heavy atom. The van der Waals surface area contributed by atoms with Gasteiger partial charge in [0.25, 0.3) is 5.91 Å². The van der Waals surface area contributed by atoms with E-state index in [4.69, 9.17) is 10.8 Å². The molecule has 3 amide bonds. The van der Waals surface area contributed by atoms with E-state index in [1.54, 1.807) is 0 Å². The summed E-state index contributed by atoms with van der Waals surface area (Å²) in [6.45, 7) is 0.236. The first-order valence-electron chi connectivity index (χ1n) is 8.77. The molecule has 0 spiro atoms. The first kappa shape index (κ1) is 21.9. The number of ether oxygens (including phenoxy) is 1. The van der Waals surface area contributed by atoms with Gasteiger partial charge in [0.05, 0.1) is 23.0 Å². The number of anilines is 1. The Morgan fingerprint density at radius 3 is 2.65 bits per heavy atom. The van der Waals surface area contributed by atoms with Gasteiger partial charge in [0.2, 0.25) is 5.96 Å². The normalized spacial score (nSPS) is 18.9. The highest BCUT2D eigenvalue weighted by Crippen LogP contribution is 2.41. The molecule has 1 unspecified atom stereocenters. The van der Waals surface area contributed by atoms with Gasteiger partial charge in [-0.3, -0.25) is 14.6 Å². The van der Waals surface area contributed by atoms with Crippen molar-refractivity contribution in [3.8, 4) is 0 Å². The number of nitrogens with one attached hydrogen (secondary N) is 2. The fourth-order valence-corrected chi connectivity index (χ4v) is 3.15.